The highest BCUT2D eigenvalue weighted by molar-refractivity contribution is 5.75. The van der Waals surface area contributed by atoms with Gasteiger partial charge in [-0.05, 0) is 70.7 Å². The zero-order valence-electron chi connectivity index (χ0n) is 14.6. The lowest BCUT2D eigenvalue weighted by atomic mass is 10.0. The smallest absolute Gasteiger partial charge is 0.287 e. The van der Waals surface area contributed by atoms with Gasteiger partial charge in [0, 0.05) is 12.1 Å². The summed E-state index contributed by atoms with van der Waals surface area (Å²) in [5.41, 5.74) is 7.84. The van der Waals surface area contributed by atoms with E-state index >= 15 is 0 Å². The predicted octanol–water partition coefficient (Wildman–Crippen LogP) is 4.14. The van der Waals surface area contributed by atoms with E-state index in [9.17, 15) is 0 Å². The molecule has 0 saturated carbocycles. The van der Waals surface area contributed by atoms with Gasteiger partial charge in [0.1, 0.15) is 5.60 Å². The molecule has 0 radical (unpaired) electrons. The highest BCUT2D eigenvalue weighted by Gasteiger charge is 2.35. The molecule has 23 heavy (non-hydrogen) atoms. The Labute approximate surface area is 139 Å². The normalized spacial score (nSPS) is 26.1. The van der Waals surface area contributed by atoms with Crippen LogP contribution < -0.4 is 5.73 Å². The Morgan fingerprint density at radius 3 is 2.83 bits per heavy atom. The Kier molecular flexibility index (Phi) is 4.62. The summed E-state index contributed by atoms with van der Waals surface area (Å²) in [5, 5.41) is 0. The van der Waals surface area contributed by atoms with Crippen LogP contribution in [0.4, 0.5) is 5.69 Å². The van der Waals surface area contributed by atoms with Crippen LogP contribution in [0.5, 0.6) is 0 Å². The number of benzene rings is 1. The summed E-state index contributed by atoms with van der Waals surface area (Å²) in [6.07, 6.45) is 6.66. The van der Waals surface area contributed by atoms with Crippen molar-refractivity contribution in [2.24, 2.45) is 10.7 Å². The van der Waals surface area contributed by atoms with E-state index in [-0.39, 0.29) is 11.6 Å². The van der Waals surface area contributed by atoms with E-state index in [1.807, 2.05) is 26.8 Å². The second kappa shape index (κ2) is 6.52. The minimum atomic E-state index is -0.322. The lowest BCUT2D eigenvalue weighted by molar-refractivity contribution is 0.114. The first-order chi connectivity index (χ1) is 10.9. The van der Waals surface area contributed by atoms with E-state index in [2.05, 4.69) is 28.1 Å². The van der Waals surface area contributed by atoms with Gasteiger partial charge in [-0.2, -0.15) is 4.99 Å². The number of amidine groups is 1. The molecular weight excluding hydrogens is 286 g/mol. The number of hydrogen-bond acceptors (Lipinski definition) is 3. The number of nitrogens with two attached hydrogens (primary N) is 1. The summed E-state index contributed by atoms with van der Waals surface area (Å²) in [6.45, 7) is 7.15. The third-order valence-electron chi connectivity index (χ3n) is 4.75. The van der Waals surface area contributed by atoms with Crippen molar-refractivity contribution in [3.63, 3.8) is 0 Å². The molecule has 1 aromatic rings. The van der Waals surface area contributed by atoms with Crippen molar-refractivity contribution in [1.82, 2.24) is 4.90 Å². The fraction of sp³-hybridized carbons (Fsp3) is 0.632. The molecule has 4 nitrogen and oxygen atoms in total. The summed E-state index contributed by atoms with van der Waals surface area (Å²) in [6, 6.07) is 10.0. The van der Waals surface area contributed by atoms with Crippen LogP contribution in [0.2, 0.25) is 0 Å². The van der Waals surface area contributed by atoms with Gasteiger partial charge in [-0.25, -0.2) is 0 Å². The van der Waals surface area contributed by atoms with Gasteiger partial charge in [0.2, 0.25) is 0 Å². The van der Waals surface area contributed by atoms with Gasteiger partial charge in [-0.3, -0.25) is 4.90 Å². The summed E-state index contributed by atoms with van der Waals surface area (Å²) >= 11 is 0. The largest absolute Gasteiger partial charge is 0.459 e. The Morgan fingerprint density at radius 1 is 1.22 bits per heavy atom. The van der Waals surface area contributed by atoms with E-state index in [1.54, 1.807) is 0 Å². The van der Waals surface area contributed by atoms with Gasteiger partial charge in [0.05, 0.1) is 5.69 Å². The van der Waals surface area contributed by atoms with Crippen LogP contribution in [0.3, 0.4) is 0 Å². The third-order valence-corrected chi connectivity index (χ3v) is 4.75. The predicted molar refractivity (Wildman–Crippen MR) is 94.9 cm³/mol. The first-order valence-corrected chi connectivity index (χ1v) is 8.81. The second-order valence-corrected chi connectivity index (χ2v) is 7.74. The fourth-order valence-corrected chi connectivity index (χ4v) is 3.88. The number of ether oxygens (including phenoxy) is 1. The SMILES string of the molecule is CC(C)(C)OC(N)=Nc1cccc(C2CCC3CCCCN32)c1. The van der Waals surface area contributed by atoms with E-state index in [0.717, 1.165) is 11.7 Å². The molecule has 0 amide bonds. The maximum Gasteiger partial charge on any atom is 0.287 e. The summed E-state index contributed by atoms with van der Waals surface area (Å²) in [4.78, 5) is 7.13. The summed E-state index contributed by atoms with van der Waals surface area (Å²) in [5.74, 6) is 0. The van der Waals surface area contributed by atoms with Crippen LogP contribution in [0.25, 0.3) is 0 Å². The molecule has 126 valence electrons. The summed E-state index contributed by atoms with van der Waals surface area (Å²) in [7, 11) is 0. The molecular formula is C19H29N3O. The molecule has 2 aliphatic rings. The van der Waals surface area contributed by atoms with E-state index < -0.39 is 0 Å². The third kappa shape index (κ3) is 4.05. The highest BCUT2D eigenvalue weighted by Crippen LogP contribution is 2.40. The molecule has 4 heteroatoms. The van der Waals surface area contributed by atoms with Crippen molar-refractivity contribution < 1.29 is 4.74 Å². The van der Waals surface area contributed by atoms with Crippen molar-refractivity contribution >= 4 is 11.7 Å². The fourth-order valence-electron chi connectivity index (χ4n) is 3.88. The monoisotopic (exact) mass is 315 g/mol. The maximum absolute atomic E-state index is 5.92. The molecule has 2 aliphatic heterocycles. The lowest BCUT2D eigenvalue weighted by Crippen LogP contribution is -2.35. The van der Waals surface area contributed by atoms with Crippen LogP contribution >= 0.6 is 0 Å². The van der Waals surface area contributed by atoms with Crippen molar-refractivity contribution in [1.29, 1.82) is 0 Å². The topological polar surface area (TPSA) is 50.9 Å². The van der Waals surface area contributed by atoms with Crippen LogP contribution in [0.1, 0.15) is 64.5 Å². The van der Waals surface area contributed by atoms with Gasteiger partial charge >= 0.3 is 0 Å². The number of rotatable bonds is 2. The molecule has 2 N–H and O–H groups in total. The minimum absolute atomic E-state index is 0.233. The quantitative estimate of drug-likeness (QED) is 0.659. The van der Waals surface area contributed by atoms with Gasteiger partial charge in [0.25, 0.3) is 6.02 Å². The van der Waals surface area contributed by atoms with Crippen LogP contribution in [0, 0.1) is 0 Å². The second-order valence-electron chi connectivity index (χ2n) is 7.74. The van der Waals surface area contributed by atoms with Crippen molar-refractivity contribution in [3.05, 3.63) is 29.8 Å². The van der Waals surface area contributed by atoms with Crippen LogP contribution in [-0.4, -0.2) is 29.1 Å². The molecule has 3 rings (SSSR count). The molecule has 2 unspecified atom stereocenters. The maximum atomic E-state index is 5.92. The number of fused-ring (bicyclic) bond motifs is 1. The molecule has 2 heterocycles. The Morgan fingerprint density at radius 2 is 2.04 bits per heavy atom. The van der Waals surface area contributed by atoms with E-state index in [1.165, 1.54) is 44.2 Å². The minimum Gasteiger partial charge on any atom is -0.459 e. The van der Waals surface area contributed by atoms with E-state index in [0.29, 0.717) is 6.04 Å². The van der Waals surface area contributed by atoms with Crippen molar-refractivity contribution in [2.45, 2.75) is 70.6 Å². The Hall–Kier alpha value is -1.55. The first kappa shape index (κ1) is 16.3. The Balaban J connectivity index is 1.76. The zero-order valence-corrected chi connectivity index (χ0v) is 14.6. The molecule has 0 spiro atoms. The average molecular weight is 315 g/mol. The van der Waals surface area contributed by atoms with Crippen LogP contribution in [0.15, 0.2) is 29.3 Å². The molecule has 0 aliphatic carbocycles. The Bertz CT molecular complexity index is 576. The van der Waals surface area contributed by atoms with Gasteiger partial charge in [0.15, 0.2) is 0 Å². The zero-order chi connectivity index (χ0) is 16.4. The van der Waals surface area contributed by atoms with Gasteiger partial charge in [-0.15, -0.1) is 0 Å². The highest BCUT2D eigenvalue weighted by atomic mass is 16.5. The number of nitrogens with zero attached hydrogens (tertiary/aromatic N) is 2. The molecule has 1 aromatic carbocycles. The van der Waals surface area contributed by atoms with Gasteiger partial charge in [-0.1, -0.05) is 18.6 Å². The first-order valence-electron chi connectivity index (χ1n) is 8.81. The molecule has 2 atom stereocenters. The van der Waals surface area contributed by atoms with Crippen molar-refractivity contribution in [2.75, 3.05) is 6.54 Å². The molecule has 2 fully saturated rings. The number of aliphatic imine (C=N–C) groups is 1. The molecule has 2 saturated heterocycles. The number of hydrogen-bond donors (Lipinski definition) is 1. The molecule has 0 bridgehead atoms. The average Bonchev–Trinajstić information content (AvgIpc) is 2.89. The lowest BCUT2D eigenvalue weighted by Gasteiger charge is -2.34. The standard InChI is InChI=1S/C19H29N3O/c1-19(2,3)23-18(20)21-15-8-6-7-14(13-15)17-11-10-16-9-4-5-12-22(16)17/h6-8,13,16-17H,4-5,9-12H2,1-3H3,(H2,20,21). The van der Waals surface area contributed by atoms with Crippen molar-refractivity contribution in [3.8, 4) is 0 Å². The number of piperidine rings is 1. The molecule has 0 aromatic heterocycles. The summed E-state index contributed by atoms with van der Waals surface area (Å²) < 4.78 is 5.61. The van der Waals surface area contributed by atoms with Gasteiger partial charge < -0.3 is 10.5 Å². The van der Waals surface area contributed by atoms with Crippen LogP contribution in [-0.2, 0) is 4.74 Å². The van der Waals surface area contributed by atoms with E-state index in [4.69, 9.17) is 10.5 Å².